The molecule has 7 heteroatoms. The van der Waals surface area contributed by atoms with Crippen molar-refractivity contribution in [2.45, 2.75) is 6.92 Å². The number of rotatable bonds is 8. The molecule has 1 aromatic carbocycles. The van der Waals surface area contributed by atoms with E-state index in [9.17, 15) is 4.79 Å². The van der Waals surface area contributed by atoms with E-state index in [1.807, 2.05) is 0 Å². The molecule has 0 aliphatic heterocycles. The minimum absolute atomic E-state index is 0.0335. The summed E-state index contributed by atoms with van der Waals surface area (Å²) in [5.41, 5.74) is 6.09. The molecule has 0 saturated heterocycles. The van der Waals surface area contributed by atoms with E-state index in [1.54, 1.807) is 24.3 Å². The van der Waals surface area contributed by atoms with E-state index in [0.29, 0.717) is 37.6 Å². The highest BCUT2D eigenvalue weighted by Gasteiger charge is 1.99. The van der Waals surface area contributed by atoms with E-state index in [0.717, 1.165) is 0 Å². The number of nitrogens with one attached hydrogen (secondary N) is 2. The van der Waals surface area contributed by atoms with E-state index in [4.69, 9.17) is 15.7 Å². The van der Waals surface area contributed by atoms with Gasteiger partial charge < -0.3 is 26.3 Å². The number of nitrogens with zero attached hydrogens (tertiary/aromatic N) is 1. The van der Waals surface area contributed by atoms with Gasteiger partial charge >= 0.3 is 0 Å². The third-order valence-electron chi connectivity index (χ3n) is 2.48. The Morgan fingerprint density at radius 2 is 2.00 bits per heavy atom. The van der Waals surface area contributed by atoms with Gasteiger partial charge in [0.1, 0.15) is 12.4 Å². The molecule has 0 fully saturated rings. The summed E-state index contributed by atoms with van der Waals surface area (Å²) in [5, 5.41) is 17.3. The summed E-state index contributed by atoms with van der Waals surface area (Å²) in [6.07, 6.45) is 0. The maximum atomic E-state index is 10.6. The third-order valence-corrected chi connectivity index (χ3v) is 2.48. The van der Waals surface area contributed by atoms with Crippen LogP contribution in [0.4, 0.5) is 0 Å². The van der Waals surface area contributed by atoms with Crippen LogP contribution in [-0.4, -0.2) is 43.2 Å². The van der Waals surface area contributed by atoms with Crippen LogP contribution in [0.1, 0.15) is 12.5 Å². The summed E-state index contributed by atoms with van der Waals surface area (Å²) in [5.74, 6) is 0.744. The number of oxime groups is 1. The fourth-order valence-electron chi connectivity index (χ4n) is 1.47. The molecule has 0 heterocycles. The van der Waals surface area contributed by atoms with Crippen molar-refractivity contribution in [1.29, 1.82) is 0 Å². The standard InChI is InChI=1S/C13H20N4O3/c1-10(18)16-7-6-15-8-9-20-12-4-2-11(3-5-12)13(14)17-19/h2-5,15,19H,6-9H2,1H3,(H2,14,17)(H,16,18). The van der Waals surface area contributed by atoms with Gasteiger partial charge in [0.2, 0.25) is 5.91 Å². The van der Waals surface area contributed by atoms with E-state index in [-0.39, 0.29) is 11.7 Å². The smallest absolute Gasteiger partial charge is 0.216 e. The van der Waals surface area contributed by atoms with Crippen LogP contribution in [0.25, 0.3) is 0 Å². The first-order valence-electron chi connectivity index (χ1n) is 6.29. The zero-order valence-electron chi connectivity index (χ0n) is 11.4. The van der Waals surface area contributed by atoms with Crippen LogP contribution in [0.5, 0.6) is 5.75 Å². The molecule has 0 unspecified atom stereocenters. The topological polar surface area (TPSA) is 109 Å². The predicted molar refractivity (Wildman–Crippen MR) is 76.0 cm³/mol. The Labute approximate surface area is 117 Å². The van der Waals surface area contributed by atoms with Crippen LogP contribution in [0.3, 0.4) is 0 Å². The van der Waals surface area contributed by atoms with Crippen molar-refractivity contribution in [1.82, 2.24) is 10.6 Å². The van der Waals surface area contributed by atoms with Crippen molar-refractivity contribution < 1.29 is 14.7 Å². The van der Waals surface area contributed by atoms with Crippen molar-refractivity contribution in [2.75, 3.05) is 26.2 Å². The van der Waals surface area contributed by atoms with Crippen LogP contribution in [0, 0.1) is 0 Å². The Morgan fingerprint density at radius 1 is 1.30 bits per heavy atom. The molecular weight excluding hydrogens is 260 g/mol. The van der Waals surface area contributed by atoms with Crippen molar-refractivity contribution in [3.8, 4) is 5.75 Å². The molecule has 1 aromatic rings. The maximum Gasteiger partial charge on any atom is 0.216 e. The molecule has 0 aliphatic rings. The summed E-state index contributed by atoms with van der Waals surface area (Å²) in [6.45, 7) is 3.99. The normalized spacial score (nSPS) is 11.2. The number of ether oxygens (including phenoxy) is 1. The first-order chi connectivity index (χ1) is 9.63. The van der Waals surface area contributed by atoms with Gasteiger partial charge in [-0.1, -0.05) is 5.16 Å². The molecule has 0 atom stereocenters. The summed E-state index contributed by atoms with van der Waals surface area (Å²) in [6, 6.07) is 6.94. The molecule has 20 heavy (non-hydrogen) atoms. The first-order valence-corrected chi connectivity index (χ1v) is 6.29. The average Bonchev–Trinajstić information content (AvgIpc) is 2.45. The largest absolute Gasteiger partial charge is 0.492 e. The summed E-state index contributed by atoms with van der Waals surface area (Å²) in [7, 11) is 0. The van der Waals surface area contributed by atoms with Crippen molar-refractivity contribution >= 4 is 11.7 Å². The quantitative estimate of drug-likeness (QED) is 0.175. The molecule has 5 N–H and O–H groups in total. The number of nitrogens with two attached hydrogens (primary N) is 1. The minimum Gasteiger partial charge on any atom is -0.492 e. The van der Waals surface area contributed by atoms with Gasteiger partial charge in [-0.25, -0.2) is 0 Å². The molecule has 1 rings (SSSR count). The lowest BCUT2D eigenvalue weighted by Crippen LogP contribution is -2.32. The molecule has 0 bridgehead atoms. The second-order valence-corrected chi connectivity index (χ2v) is 4.09. The third kappa shape index (κ3) is 6.05. The molecule has 7 nitrogen and oxygen atoms in total. The summed E-state index contributed by atoms with van der Waals surface area (Å²) < 4.78 is 5.51. The molecule has 0 radical (unpaired) electrons. The van der Waals surface area contributed by atoms with E-state index >= 15 is 0 Å². The predicted octanol–water partition coefficient (Wildman–Crippen LogP) is -0.114. The van der Waals surface area contributed by atoms with Gasteiger partial charge in [-0.3, -0.25) is 4.79 Å². The highest BCUT2D eigenvalue weighted by Crippen LogP contribution is 2.11. The summed E-state index contributed by atoms with van der Waals surface area (Å²) in [4.78, 5) is 10.6. The Balaban J connectivity index is 2.18. The molecule has 110 valence electrons. The Bertz CT molecular complexity index is 445. The summed E-state index contributed by atoms with van der Waals surface area (Å²) >= 11 is 0. The fraction of sp³-hybridized carbons (Fsp3) is 0.385. The van der Waals surface area contributed by atoms with Crippen LogP contribution >= 0.6 is 0 Å². The van der Waals surface area contributed by atoms with Crippen LogP contribution in [0.2, 0.25) is 0 Å². The van der Waals surface area contributed by atoms with Crippen molar-refractivity contribution in [3.63, 3.8) is 0 Å². The monoisotopic (exact) mass is 280 g/mol. The number of carbonyl (C=O) groups is 1. The number of hydrogen-bond acceptors (Lipinski definition) is 5. The van der Waals surface area contributed by atoms with E-state index < -0.39 is 0 Å². The zero-order valence-corrected chi connectivity index (χ0v) is 11.4. The van der Waals surface area contributed by atoms with E-state index in [1.165, 1.54) is 6.92 Å². The van der Waals surface area contributed by atoms with Crippen molar-refractivity contribution in [3.05, 3.63) is 29.8 Å². The Hall–Kier alpha value is -2.28. The van der Waals surface area contributed by atoms with Crippen molar-refractivity contribution in [2.24, 2.45) is 10.9 Å². The Morgan fingerprint density at radius 3 is 2.60 bits per heavy atom. The second-order valence-electron chi connectivity index (χ2n) is 4.09. The number of hydrogen-bond donors (Lipinski definition) is 4. The maximum absolute atomic E-state index is 10.6. The number of carbonyl (C=O) groups excluding carboxylic acids is 1. The SMILES string of the molecule is CC(=O)NCCNCCOc1ccc(C(N)=NO)cc1. The second kappa shape index (κ2) is 8.76. The van der Waals surface area contributed by atoms with Gasteiger partial charge in [0.05, 0.1) is 0 Å². The lowest BCUT2D eigenvalue weighted by molar-refractivity contribution is -0.118. The molecular formula is C13H20N4O3. The van der Waals surface area contributed by atoms with Gasteiger partial charge in [0.15, 0.2) is 5.84 Å². The highest BCUT2D eigenvalue weighted by atomic mass is 16.5. The lowest BCUT2D eigenvalue weighted by Gasteiger charge is -2.08. The number of amides is 1. The molecule has 0 saturated carbocycles. The van der Waals surface area contributed by atoms with Gasteiger partial charge in [-0.05, 0) is 24.3 Å². The molecule has 0 aliphatic carbocycles. The van der Waals surface area contributed by atoms with Crippen LogP contribution in [-0.2, 0) is 4.79 Å². The van der Waals surface area contributed by atoms with Gasteiger partial charge in [-0.2, -0.15) is 0 Å². The lowest BCUT2D eigenvalue weighted by atomic mass is 10.2. The molecule has 0 spiro atoms. The van der Waals surface area contributed by atoms with Gasteiger partial charge in [-0.15, -0.1) is 0 Å². The van der Waals surface area contributed by atoms with Crippen LogP contribution < -0.4 is 21.1 Å². The Kier molecular flexibility index (Phi) is 6.91. The van der Waals surface area contributed by atoms with Gasteiger partial charge in [0.25, 0.3) is 0 Å². The van der Waals surface area contributed by atoms with E-state index in [2.05, 4.69) is 15.8 Å². The first kappa shape index (κ1) is 15.8. The fourth-order valence-corrected chi connectivity index (χ4v) is 1.47. The minimum atomic E-state index is -0.0335. The highest BCUT2D eigenvalue weighted by molar-refractivity contribution is 5.97. The average molecular weight is 280 g/mol. The number of amidine groups is 1. The zero-order chi connectivity index (χ0) is 14.8. The van der Waals surface area contributed by atoms with Crippen LogP contribution in [0.15, 0.2) is 29.4 Å². The number of benzene rings is 1. The van der Waals surface area contributed by atoms with Gasteiger partial charge in [0, 0.05) is 32.1 Å². The molecule has 0 aromatic heterocycles. The molecule has 1 amide bonds.